The standard InChI is InChI=1S/C28H30N2O6/c1-16(31)18-11-13-19(14-12-18)30-25(33)22-23(26(30)34)28(27(35)36,15-17-7-3-2-4-8-17)29-24(22)20-9-5-6-10-21(20)32/h5-6,9-14,17,22-24,29,32H,2-4,7-8,15H2,1H3,(H,35,36). The van der Waals surface area contributed by atoms with Gasteiger partial charge in [-0.25, -0.2) is 4.90 Å². The number of phenols is 1. The van der Waals surface area contributed by atoms with Crippen LogP contribution in [0.15, 0.2) is 48.5 Å². The zero-order chi connectivity index (χ0) is 25.6. The number of hydrogen-bond donors (Lipinski definition) is 3. The van der Waals surface area contributed by atoms with Crippen molar-refractivity contribution >= 4 is 29.3 Å². The maximum atomic E-state index is 13.9. The van der Waals surface area contributed by atoms with Gasteiger partial charge in [0.25, 0.3) is 0 Å². The highest BCUT2D eigenvalue weighted by atomic mass is 16.4. The highest BCUT2D eigenvalue weighted by Gasteiger charge is 2.69. The summed E-state index contributed by atoms with van der Waals surface area (Å²) < 4.78 is 0. The second-order valence-electron chi connectivity index (χ2n) is 10.3. The minimum Gasteiger partial charge on any atom is -0.508 e. The lowest BCUT2D eigenvalue weighted by molar-refractivity contribution is -0.150. The van der Waals surface area contributed by atoms with Crippen LogP contribution in [-0.2, 0) is 14.4 Å². The Bertz CT molecular complexity index is 1220. The van der Waals surface area contributed by atoms with Crippen molar-refractivity contribution in [2.45, 2.75) is 57.0 Å². The number of ketones is 1. The Morgan fingerprint density at radius 2 is 1.67 bits per heavy atom. The Balaban J connectivity index is 1.61. The third-order valence-electron chi connectivity index (χ3n) is 8.18. The number of para-hydroxylation sites is 1. The van der Waals surface area contributed by atoms with Crippen LogP contribution in [0.25, 0.3) is 0 Å². The van der Waals surface area contributed by atoms with E-state index in [0.29, 0.717) is 16.8 Å². The number of carbonyl (C=O) groups is 4. The molecule has 2 aliphatic heterocycles. The molecule has 2 aromatic rings. The molecule has 36 heavy (non-hydrogen) atoms. The fourth-order valence-electron chi connectivity index (χ4n) is 6.44. The molecule has 0 spiro atoms. The third kappa shape index (κ3) is 3.80. The van der Waals surface area contributed by atoms with Crippen LogP contribution >= 0.6 is 0 Å². The lowest BCUT2D eigenvalue weighted by atomic mass is 9.72. The van der Waals surface area contributed by atoms with Crippen LogP contribution in [0, 0.1) is 17.8 Å². The van der Waals surface area contributed by atoms with Gasteiger partial charge in [0, 0.05) is 17.2 Å². The van der Waals surface area contributed by atoms with Gasteiger partial charge in [0.15, 0.2) is 5.78 Å². The van der Waals surface area contributed by atoms with Crippen molar-refractivity contribution in [3.05, 3.63) is 59.7 Å². The Morgan fingerprint density at radius 1 is 1.00 bits per heavy atom. The van der Waals surface area contributed by atoms with Crippen LogP contribution in [0.3, 0.4) is 0 Å². The van der Waals surface area contributed by atoms with Crippen molar-refractivity contribution in [3.8, 4) is 5.75 Å². The van der Waals surface area contributed by atoms with Gasteiger partial charge < -0.3 is 10.2 Å². The number of aromatic hydroxyl groups is 1. The zero-order valence-electron chi connectivity index (χ0n) is 20.1. The summed E-state index contributed by atoms with van der Waals surface area (Å²) in [5.41, 5.74) is -0.490. The van der Waals surface area contributed by atoms with E-state index in [2.05, 4.69) is 5.32 Å². The molecule has 3 N–H and O–H groups in total. The fraction of sp³-hybridized carbons (Fsp3) is 0.429. The van der Waals surface area contributed by atoms with Crippen molar-refractivity contribution in [1.82, 2.24) is 5.32 Å². The Labute approximate surface area is 209 Å². The Kier molecular flexibility index (Phi) is 6.16. The van der Waals surface area contributed by atoms with E-state index in [1.165, 1.54) is 13.0 Å². The number of benzene rings is 2. The number of carboxylic acids is 1. The van der Waals surface area contributed by atoms with Crippen molar-refractivity contribution in [2.24, 2.45) is 17.8 Å². The van der Waals surface area contributed by atoms with Gasteiger partial charge in [-0.1, -0.05) is 50.3 Å². The average molecular weight is 491 g/mol. The number of fused-ring (bicyclic) bond motifs is 1. The number of carboxylic acid groups (broad SMARTS) is 1. The van der Waals surface area contributed by atoms with Gasteiger partial charge in [0.05, 0.1) is 17.5 Å². The van der Waals surface area contributed by atoms with Crippen LogP contribution in [-0.4, -0.2) is 39.3 Å². The van der Waals surface area contributed by atoms with Gasteiger partial charge in [0.1, 0.15) is 11.3 Å². The van der Waals surface area contributed by atoms with Gasteiger partial charge in [0.2, 0.25) is 11.8 Å². The van der Waals surface area contributed by atoms with Gasteiger partial charge in [-0.2, -0.15) is 0 Å². The smallest absolute Gasteiger partial charge is 0.324 e. The number of nitrogens with one attached hydrogen (secondary N) is 1. The Hall–Kier alpha value is -3.52. The summed E-state index contributed by atoms with van der Waals surface area (Å²) in [5.74, 6) is -4.42. The van der Waals surface area contributed by atoms with E-state index in [0.717, 1.165) is 37.0 Å². The second kappa shape index (κ2) is 9.17. The highest BCUT2D eigenvalue weighted by molar-refractivity contribution is 6.24. The number of nitrogens with zero attached hydrogens (tertiary/aromatic N) is 1. The monoisotopic (exact) mass is 490 g/mol. The number of anilines is 1. The summed E-state index contributed by atoms with van der Waals surface area (Å²) in [4.78, 5) is 53.5. The largest absolute Gasteiger partial charge is 0.508 e. The fourth-order valence-corrected chi connectivity index (χ4v) is 6.44. The van der Waals surface area contributed by atoms with Gasteiger partial charge in [-0.15, -0.1) is 0 Å². The van der Waals surface area contributed by atoms with Crippen LogP contribution in [0.2, 0.25) is 0 Å². The van der Waals surface area contributed by atoms with E-state index in [1.807, 2.05) is 0 Å². The number of imide groups is 1. The van der Waals surface area contributed by atoms with E-state index >= 15 is 0 Å². The molecule has 8 heteroatoms. The second-order valence-corrected chi connectivity index (χ2v) is 10.3. The molecule has 2 heterocycles. The zero-order valence-corrected chi connectivity index (χ0v) is 20.1. The summed E-state index contributed by atoms with van der Waals surface area (Å²) in [6.07, 6.45) is 5.14. The average Bonchev–Trinajstić information content (AvgIpc) is 3.34. The quantitative estimate of drug-likeness (QED) is 0.415. The third-order valence-corrected chi connectivity index (χ3v) is 8.18. The SMILES string of the molecule is CC(=O)c1ccc(N2C(=O)C3C(c4ccccc4O)NC(CC4CCCCC4)(C(=O)O)C3C2=O)cc1. The first-order valence-corrected chi connectivity index (χ1v) is 12.5. The van der Waals surface area contributed by atoms with Crippen molar-refractivity contribution in [2.75, 3.05) is 4.90 Å². The summed E-state index contributed by atoms with van der Waals surface area (Å²) >= 11 is 0. The number of Topliss-reactive ketones (excluding diaryl/α,β-unsaturated/α-hetero) is 1. The van der Waals surface area contributed by atoms with Gasteiger partial charge in [-0.05, 0) is 49.6 Å². The normalized spacial score (nSPS) is 28.4. The molecule has 3 aliphatic rings. The minimum absolute atomic E-state index is 0.0582. The van der Waals surface area contributed by atoms with E-state index < -0.39 is 41.2 Å². The summed E-state index contributed by atoms with van der Waals surface area (Å²) in [6.45, 7) is 1.43. The Morgan fingerprint density at radius 3 is 2.28 bits per heavy atom. The van der Waals surface area contributed by atoms with E-state index in [-0.39, 0.29) is 23.9 Å². The lowest BCUT2D eigenvalue weighted by Crippen LogP contribution is -2.57. The molecule has 2 amide bonds. The number of aliphatic carboxylic acids is 1. The van der Waals surface area contributed by atoms with E-state index in [4.69, 9.17) is 0 Å². The lowest BCUT2D eigenvalue weighted by Gasteiger charge is -2.35. The molecule has 4 unspecified atom stereocenters. The first-order valence-electron chi connectivity index (χ1n) is 12.5. The summed E-state index contributed by atoms with van der Waals surface area (Å²) in [6, 6.07) is 11.9. The number of rotatable bonds is 6. The molecule has 0 bridgehead atoms. The number of carbonyl (C=O) groups excluding carboxylic acids is 3. The molecular weight excluding hydrogens is 460 g/mol. The minimum atomic E-state index is -1.64. The molecule has 3 fully saturated rings. The number of amides is 2. The highest BCUT2D eigenvalue weighted by Crippen LogP contribution is 2.53. The topological polar surface area (TPSA) is 124 Å². The van der Waals surface area contributed by atoms with Gasteiger partial charge >= 0.3 is 5.97 Å². The molecule has 0 radical (unpaired) electrons. The van der Waals surface area contributed by atoms with Gasteiger partial charge in [-0.3, -0.25) is 24.5 Å². The van der Waals surface area contributed by atoms with Crippen LogP contribution < -0.4 is 10.2 Å². The maximum Gasteiger partial charge on any atom is 0.324 e. The van der Waals surface area contributed by atoms with E-state index in [1.54, 1.807) is 42.5 Å². The van der Waals surface area contributed by atoms with Crippen LogP contribution in [0.5, 0.6) is 5.75 Å². The molecule has 5 rings (SSSR count). The molecule has 0 aromatic heterocycles. The van der Waals surface area contributed by atoms with Crippen molar-refractivity contribution in [1.29, 1.82) is 0 Å². The molecule has 1 aliphatic carbocycles. The molecule has 188 valence electrons. The molecule has 8 nitrogen and oxygen atoms in total. The molecule has 2 saturated heterocycles. The van der Waals surface area contributed by atoms with Crippen molar-refractivity contribution in [3.63, 3.8) is 0 Å². The first kappa shape index (κ1) is 24.2. The predicted octanol–water partition coefficient (Wildman–Crippen LogP) is 3.84. The summed E-state index contributed by atoms with van der Waals surface area (Å²) in [7, 11) is 0. The maximum absolute atomic E-state index is 13.9. The van der Waals surface area contributed by atoms with Crippen LogP contribution in [0.4, 0.5) is 5.69 Å². The van der Waals surface area contributed by atoms with Crippen LogP contribution in [0.1, 0.15) is 67.4 Å². The summed E-state index contributed by atoms with van der Waals surface area (Å²) in [5, 5.41) is 24.4. The first-order chi connectivity index (χ1) is 17.2. The predicted molar refractivity (Wildman–Crippen MR) is 131 cm³/mol. The van der Waals surface area contributed by atoms with E-state index in [9.17, 15) is 29.4 Å². The molecule has 1 saturated carbocycles. The molecule has 2 aromatic carbocycles. The number of phenolic OH excluding ortho intramolecular Hbond substituents is 1. The molecular formula is C28H30N2O6. The number of hydrogen-bond acceptors (Lipinski definition) is 6. The molecule has 4 atom stereocenters. The van der Waals surface area contributed by atoms with Crippen molar-refractivity contribution < 1.29 is 29.4 Å².